The SMILES string of the molecule is COCCOc1nc(N)nc2ccc(-c3ccc(Cl)c(F)c3)nc12. The standard InChI is InChI=1S/C16H14ClFN4O2/c1-23-6-7-24-15-14-13(21-16(19)22-15)5-4-12(20-14)9-2-3-10(17)11(18)8-9/h2-5,8H,6-7H2,1H3,(H2,19,21,22). The van der Waals surface area contributed by atoms with Crippen molar-refractivity contribution in [2.24, 2.45) is 0 Å². The molecule has 6 nitrogen and oxygen atoms in total. The third-order valence-corrected chi connectivity index (χ3v) is 3.58. The van der Waals surface area contributed by atoms with Gasteiger partial charge in [-0.2, -0.15) is 4.98 Å². The molecule has 2 heterocycles. The molecule has 1 aromatic carbocycles. The van der Waals surface area contributed by atoms with Gasteiger partial charge in [0.05, 0.1) is 22.8 Å². The highest BCUT2D eigenvalue weighted by Gasteiger charge is 2.12. The summed E-state index contributed by atoms with van der Waals surface area (Å²) in [7, 11) is 1.57. The zero-order chi connectivity index (χ0) is 17.1. The summed E-state index contributed by atoms with van der Waals surface area (Å²) in [5.41, 5.74) is 7.79. The van der Waals surface area contributed by atoms with E-state index in [9.17, 15) is 4.39 Å². The Labute approximate surface area is 142 Å². The molecular weight excluding hydrogens is 335 g/mol. The van der Waals surface area contributed by atoms with Crippen molar-refractivity contribution in [1.82, 2.24) is 15.0 Å². The summed E-state index contributed by atoms with van der Waals surface area (Å²) in [6, 6.07) is 7.93. The van der Waals surface area contributed by atoms with Crippen molar-refractivity contribution in [3.8, 4) is 17.1 Å². The fraction of sp³-hybridized carbons (Fsp3) is 0.188. The van der Waals surface area contributed by atoms with Gasteiger partial charge in [0, 0.05) is 12.7 Å². The maximum atomic E-state index is 13.7. The Bertz CT molecular complexity index is 891. The second kappa shape index (κ2) is 6.94. The van der Waals surface area contributed by atoms with Crippen LogP contribution in [0.4, 0.5) is 10.3 Å². The van der Waals surface area contributed by atoms with Crippen LogP contribution in [0.1, 0.15) is 0 Å². The van der Waals surface area contributed by atoms with Crippen LogP contribution < -0.4 is 10.5 Å². The van der Waals surface area contributed by atoms with Gasteiger partial charge >= 0.3 is 0 Å². The number of benzene rings is 1. The molecule has 0 aliphatic carbocycles. The summed E-state index contributed by atoms with van der Waals surface area (Å²) in [5, 5.41) is 0.0548. The topological polar surface area (TPSA) is 83.2 Å². The first-order chi connectivity index (χ1) is 11.6. The average molecular weight is 349 g/mol. The van der Waals surface area contributed by atoms with Gasteiger partial charge in [-0.3, -0.25) is 0 Å². The molecule has 0 fully saturated rings. The number of rotatable bonds is 5. The van der Waals surface area contributed by atoms with Crippen LogP contribution in [0.3, 0.4) is 0 Å². The lowest BCUT2D eigenvalue weighted by atomic mass is 10.1. The zero-order valence-electron chi connectivity index (χ0n) is 12.8. The lowest BCUT2D eigenvalue weighted by molar-refractivity contribution is 0.144. The molecule has 0 saturated carbocycles. The Morgan fingerprint density at radius 2 is 1.96 bits per heavy atom. The number of hydrogen-bond donors (Lipinski definition) is 1. The van der Waals surface area contributed by atoms with Crippen LogP contribution in [0.25, 0.3) is 22.3 Å². The van der Waals surface area contributed by atoms with Crippen molar-refractivity contribution in [3.05, 3.63) is 41.2 Å². The smallest absolute Gasteiger partial charge is 0.245 e. The maximum Gasteiger partial charge on any atom is 0.245 e. The van der Waals surface area contributed by atoms with Crippen LogP contribution >= 0.6 is 11.6 Å². The van der Waals surface area contributed by atoms with Crippen LogP contribution in [0, 0.1) is 5.82 Å². The van der Waals surface area contributed by atoms with Crippen molar-refractivity contribution >= 4 is 28.6 Å². The summed E-state index contributed by atoms with van der Waals surface area (Å²) in [6.07, 6.45) is 0. The van der Waals surface area contributed by atoms with Crippen molar-refractivity contribution in [3.63, 3.8) is 0 Å². The number of methoxy groups -OCH3 is 1. The molecule has 3 aromatic rings. The molecule has 124 valence electrons. The minimum atomic E-state index is -0.513. The van der Waals surface area contributed by atoms with Gasteiger partial charge in [-0.25, -0.2) is 14.4 Å². The van der Waals surface area contributed by atoms with Crippen LogP contribution in [0.15, 0.2) is 30.3 Å². The third-order valence-electron chi connectivity index (χ3n) is 3.27. The highest BCUT2D eigenvalue weighted by Crippen LogP contribution is 2.27. The van der Waals surface area contributed by atoms with Crippen molar-refractivity contribution in [1.29, 1.82) is 0 Å². The highest BCUT2D eigenvalue weighted by molar-refractivity contribution is 6.30. The second-order valence-corrected chi connectivity index (χ2v) is 5.33. The van der Waals surface area contributed by atoms with Gasteiger partial charge in [0.15, 0.2) is 5.52 Å². The number of hydrogen-bond acceptors (Lipinski definition) is 6. The summed E-state index contributed by atoms with van der Waals surface area (Å²) in [6.45, 7) is 0.691. The van der Waals surface area contributed by atoms with E-state index in [0.717, 1.165) is 0 Å². The minimum Gasteiger partial charge on any atom is -0.474 e. The largest absolute Gasteiger partial charge is 0.474 e. The predicted octanol–water partition coefficient (Wildman–Crippen LogP) is 3.09. The Kier molecular flexibility index (Phi) is 4.73. The first-order valence-corrected chi connectivity index (χ1v) is 7.47. The maximum absolute atomic E-state index is 13.7. The fourth-order valence-electron chi connectivity index (χ4n) is 2.14. The molecular formula is C16H14ClFN4O2. The van der Waals surface area contributed by atoms with Gasteiger partial charge in [-0.1, -0.05) is 17.7 Å². The van der Waals surface area contributed by atoms with Gasteiger partial charge in [-0.05, 0) is 24.3 Å². The highest BCUT2D eigenvalue weighted by atomic mass is 35.5. The monoisotopic (exact) mass is 348 g/mol. The number of halogens is 2. The molecule has 2 N–H and O–H groups in total. The summed E-state index contributed by atoms with van der Waals surface area (Å²) >= 11 is 5.72. The molecule has 0 radical (unpaired) electrons. The lowest BCUT2D eigenvalue weighted by Crippen LogP contribution is -2.08. The van der Waals surface area contributed by atoms with E-state index in [1.165, 1.54) is 12.1 Å². The molecule has 0 bridgehead atoms. The molecule has 2 aromatic heterocycles. The van der Waals surface area contributed by atoms with E-state index in [1.54, 1.807) is 25.3 Å². The third kappa shape index (κ3) is 3.37. The summed E-state index contributed by atoms with van der Waals surface area (Å²) in [5.74, 6) is -0.172. The summed E-state index contributed by atoms with van der Waals surface area (Å²) < 4.78 is 24.2. The van der Waals surface area contributed by atoms with Gasteiger partial charge < -0.3 is 15.2 Å². The van der Waals surface area contributed by atoms with E-state index in [0.29, 0.717) is 35.5 Å². The number of ether oxygens (including phenoxy) is 2. The number of nitrogen functional groups attached to an aromatic ring is 1. The van der Waals surface area contributed by atoms with Crippen LogP contribution in [0.2, 0.25) is 5.02 Å². The second-order valence-electron chi connectivity index (χ2n) is 4.92. The van der Waals surface area contributed by atoms with Crippen molar-refractivity contribution in [2.45, 2.75) is 0 Å². The molecule has 0 spiro atoms. The number of anilines is 1. The molecule has 0 unspecified atom stereocenters. The molecule has 0 aliphatic rings. The first-order valence-electron chi connectivity index (χ1n) is 7.10. The first kappa shape index (κ1) is 16.4. The van der Waals surface area contributed by atoms with Crippen molar-refractivity contribution in [2.75, 3.05) is 26.1 Å². The van der Waals surface area contributed by atoms with Gasteiger partial charge in [0.25, 0.3) is 0 Å². The van der Waals surface area contributed by atoms with Gasteiger partial charge in [0.1, 0.15) is 12.4 Å². The Balaban J connectivity index is 2.06. The minimum absolute atomic E-state index is 0.0548. The Morgan fingerprint density at radius 1 is 1.12 bits per heavy atom. The molecule has 0 atom stereocenters. The number of nitrogens with two attached hydrogens (primary N) is 1. The van der Waals surface area contributed by atoms with E-state index in [1.807, 2.05) is 0 Å². The van der Waals surface area contributed by atoms with Gasteiger partial charge in [0.2, 0.25) is 11.8 Å². The van der Waals surface area contributed by atoms with E-state index in [-0.39, 0.29) is 16.9 Å². The summed E-state index contributed by atoms with van der Waals surface area (Å²) in [4.78, 5) is 12.7. The molecule has 24 heavy (non-hydrogen) atoms. The van der Waals surface area contributed by atoms with Crippen molar-refractivity contribution < 1.29 is 13.9 Å². The quantitative estimate of drug-likeness (QED) is 0.713. The number of aromatic nitrogens is 3. The fourth-order valence-corrected chi connectivity index (χ4v) is 2.26. The molecule has 3 rings (SSSR count). The van der Waals surface area contributed by atoms with E-state index in [4.69, 9.17) is 26.8 Å². The van der Waals surface area contributed by atoms with Gasteiger partial charge in [-0.15, -0.1) is 0 Å². The normalized spacial score (nSPS) is 11.0. The number of pyridine rings is 1. The molecule has 0 aliphatic heterocycles. The zero-order valence-corrected chi connectivity index (χ0v) is 13.5. The van der Waals surface area contributed by atoms with E-state index in [2.05, 4.69) is 15.0 Å². The van der Waals surface area contributed by atoms with E-state index >= 15 is 0 Å². The predicted molar refractivity (Wildman–Crippen MR) is 89.5 cm³/mol. The Morgan fingerprint density at radius 3 is 2.71 bits per heavy atom. The number of nitrogens with zero attached hydrogens (tertiary/aromatic N) is 3. The molecule has 8 heteroatoms. The Hall–Kier alpha value is -2.51. The molecule has 0 amide bonds. The number of fused-ring (bicyclic) bond motifs is 1. The molecule has 0 saturated heterocycles. The van der Waals surface area contributed by atoms with Crippen LogP contribution in [0.5, 0.6) is 5.88 Å². The van der Waals surface area contributed by atoms with Crippen LogP contribution in [-0.4, -0.2) is 35.3 Å². The lowest BCUT2D eigenvalue weighted by Gasteiger charge is -2.09. The van der Waals surface area contributed by atoms with E-state index < -0.39 is 5.82 Å². The average Bonchev–Trinajstić information content (AvgIpc) is 2.57. The van der Waals surface area contributed by atoms with Crippen LogP contribution in [-0.2, 0) is 4.74 Å².